The Kier molecular flexibility index (Phi) is 8.42. The zero-order chi connectivity index (χ0) is 31.5. The number of anilines is 1. The minimum atomic E-state index is -0.0593. The molecule has 0 N–H and O–H groups in total. The summed E-state index contributed by atoms with van der Waals surface area (Å²) in [6, 6.07) is 58.9. The summed E-state index contributed by atoms with van der Waals surface area (Å²) in [4.78, 5) is 2.56. The van der Waals surface area contributed by atoms with Gasteiger partial charge in [0.2, 0.25) is 0 Å². The number of hydrogen-bond donors (Lipinski definition) is 0. The lowest BCUT2D eigenvalue weighted by Gasteiger charge is -2.29. The molecule has 0 aliphatic carbocycles. The smallest absolute Gasteiger partial charge is 0.0809 e. The molecule has 1 aliphatic heterocycles. The number of aryl methyl sites for hydroxylation is 2. The molecule has 7 rings (SSSR count). The first-order valence-electron chi connectivity index (χ1n) is 15.9. The maximum Gasteiger partial charge on any atom is 0.0809 e. The van der Waals surface area contributed by atoms with E-state index in [9.17, 15) is 0 Å². The van der Waals surface area contributed by atoms with Crippen LogP contribution in [0.3, 0.4) is 0 Å². The summed E-state index contributed by atoms with van der Waals surface area (Å²) in [5, 5.41) is 0.737. The maximum atomic E-state index is 6.49. The second-order valence-electron chi connectivity index (χ2n) is 12.0. The van der Waals surface area contributed by atoms with Crippen molar-refractivity contribution in [1.29, 1.82) is 0 Å². The van der Waals surface area contributed by atoms with Crippen LogP contribution in [0, 0.1) is 13.8 Å². The van der Waals surface area contributed by atoms with E-state index in [0.717, 1.165) is 11.6 Å². The van der Waals surface area contributed by atoms with Gasteiger partial charge in [-0.25, -0.2) is 0 Å². The topological polar surface area (TPSA) is 3.24 Å². The van der Waals surface area contributed by atoms with Gasteiger partial charge >= 0.3 is 0 Å². The van der Waals surface area contributed by atoms with Crippen molar-refractivity contribution in [2.24, 2.45) is 0 Å². The maximum absolute atomic E-state index is 6.49. The van der Waals surface area contributed by atoms with Gasteiger partial charge in [-0.1, -0.05) is 162 Å². The molecule has 0 spiro atoms. The molecule has 0 amide bonds. The highest BCUT2D eigenvalue weighted by molar-refractivity contribution is 6.30. The van der Waals surface area contributed by atoms with Crippen molar-refractivity contribution in [3.63, 3.8) is 0 Å². The van der Waals surface area contributed by atoms with Crippen LogP contribution in [-0.2, 0) is 0 Å². The predicted molar refractivity (Wildman–Crippen MR) is 195 cm³/mol. The van der Waals surface area contributed by atoms with Gasteiger partial charge in [-0.15, -0.1) is 0 Å². The minimum absolute atomic E-state index is 0.0593. The summed E-state index contributed by atoms with van der Waals surface area (Å²) < 4.78 is 0. The van der Waals surface area contributed by atoms with Gasteiger partial charge < -0.3 is 4.90 Å². The summed E-state index contributed by atoms with van der Waals surface area (Å²) in [5.74, 6) is 0. The van der Waals surface area contributed by atoms with Gasteiger partial charge in [0.1, 0.15) is 0 Å². The highest BCUT2D eigenvalue weighted by atomic mass is 35.5. The average Bonchev–Trinajstić information content (AvgIpc) is 3.48. The monoisotopic (exact) mass is 613 g/mol. The number of nitrogens with zero attached hydrogens (tertiary/aromatic N) is 1. The molecular weight excluding hydrogens is 578 g/mol. The zero-order valence-electron chi connectivity index (χ0n) is 26.2. The predicted octanol–water partition coefficient (Wildman–Crippen LogP) is 11.5. The van der Waals surface area contributed by atoms with E-state index in [0.29, 0.717) is 0 Å². The lowest BCUT2D eigenvalue weighted by Crippen LogP contribution is -2.23. The van der Waals surface area contributed by atoms with Crippen molar-refractivity contribution in [3.8, 4) is 0 Å². The average molecular weight is 614 g/mol. The zero-order valence-corrected chi connectivity index (χ0v) is 27.0. The second-order valence-corrected chi connectivity index (χ2v) is 12.5. The quantitative estimate of drug-likeness (QED) is 0.181. The van der Waals surface area contributed by atoms with Crippen LogP contribution in [0.25, 0.3) is 11.1 Å². The Morgan fingerprint density at radius 3 is 1.41 bits per heavy atom. The molecule has 0 aromatic heterocycles. The van der Waals surface area contributed by atoms with Crippen molar-refractivity contribution < 1.29 is 0 Å². The van der Waals surface area contributed by atoms with Crippen LogP contribution >= 0.6 is 11.6 Å². The van der Waals surface area contributed by atoms with E-state index >= 15 is 0 Å². The summed E-state index contributed by atoms with van der Waals surface area (Å²) in [5.41, 5.74) is 14.8. The summed E-state index contributed by atoms with van der Waals surface area (Å²) >= 11 is 6.49. The molecule has 1 saturated heterocycles. The van der Waals surface area contributed by atoms with Gasteiger partial charge in [0.15, 0.2) is 0 Å². The summed E-state index contributed by atoms with van der Waals surface area (Å²) in [6.45, 7) is 5.05. The normalized spacial score (nSPS) is 14.4. The molecule has 6 aromatic rings. The molecule has 0 saturated carbocycles. The summed E-state index contributed by atoms with van der Waals surface area (Å²) in [6.07, 6.45) is 0. The van der Waals surface area contributed by atoms with E-state index < -0.39 is 0 Å². The third-order valence-electron chi connectivity index (χ3n) is 8.89. The largest absolute Gasteiger partial charge is 0.356 e. The lowest BCUT2D eigenvalue weighted by atomic mass is 9.81. The van der Waals surface area contributed by atoms with E-state index in [1.54, 1.807) is 0 Å². The fourth-order valence-corrected chi connectivity index (χ4v) is 6.79. The molecule has 2 heteroatoms. The second kappa shape index (κ2) is 13.1. The molecule has 1 nitrogen and oxygen atoms in total. The van der Waals surface area contributed by atoms with E-state index in [1.165, 1.54) is 66.9 Å². The first-order chi connectivity index (χ1) is 22.6. The van der Waals surface area contributed by atoms with E-state index in [2.05, 4.69) is 170 Å². The minimum Gasteiger partial charge on any atom is -0.356 e. The van der Waals surface area contributed by atoms with Gasteiger partial charge in [0.05, 0.1) is 6.04 Å². The SMILES string of the molecule is Cc1ccc(C(=C2CN(c3ccccc3)C(c3ccc(Cl)cc3)C2=C(c2ccccc2)c2ccccc2)c2ccc(C)cc2)cc1. The molecule has 1 atom stereocenters. The standard InChI is InChI=1S/C44H36ClN/c1-31-18-22-35(23-19-31)41(36-24-20-32(2)21-25-36)40-30-46(39-16-10-5-11-17-39)44(37-26-28-38(45)29-27-37)43(40)42(33-12-6-3-7-13-33)34-14-8-4-9-15-34/h3-29,44H,30H2,1-2H3. The Labute approximate surface area is 277 Å². The first kappa shape index (κ1) is 29.6. The Hall–Kier alpha value is -5.11. The van der Waals surface area contributed by atoms with Gasteiger partial charge in [-0.3, -0.25) is 0 Å². The van der Waals surface area contributed by atoms with Gasteiger partial charge in [0, 0.05) is 17.3 Å². The molecular formula is C44H36ClN. The van der Waals surface area contributed by atoms with Crippen LogP contribution in [0.4, 0.5) is 5.69 Å². The van der Waals surface area contributed by atoms with Crippen molar-refractivity contribution >= 4 is 28.4 Å². The number of rotatable bonds is 6. The molecule has 0 bridgehead atoms. The molecule has 1 heterocycles. The number of para-hydroxylation sites is 1. The van der Waals surface area contributed by atoms with E-state index in [1.807, 2.05) is 12.1 Å². The van der Waals surface area contributed by atoms with Crippen LogP contribution < -0.4 is 4.90 Å². The third-order valence-corrected chi connectivity index (χ3v) is 9.14. The van der Waals surface area contributed by atoms with Crippen LogP contribution in [0.1, 0.15) is 45.0 Å². The molecule has 46 heavy (non-hydrogen) atoms. The molecule has 1 fully saturated rings. The Morgan fingerprint density at radius 2 is 0.935 bits per heavy atom. The van der Waals surface area contributed by atoms with Crippen molar-refractivity contribution in [3.05, 3.63) is 219 Å². The fraction of sp³-hybridized carbons (Fsp3) is 0.0909. The van der Waals surface area contributed by atoms with Crippen molar-refractivity contribution in [1.82, 2.24) is 0 Å². The number of halogens is 1. The highest BCUT2D eigenvalue weighted by Crippen LogP contribution is 2.51. The van der Waals surface area contributed by atoms with Gasteiger partial charge in [-0.2, -0.15) is 0 Å². The van der Waals surface area contributed by atoms with Crippen molar-refractivity contribution in [2.45, 2.75) is 19.9 Å². The lowest BCUT2D eigenvalue weighted by molar-refractivity contribution is 0.810. The van der Waals surface area contributed by atoms with Crippen LogP contribution in [0.5, 0.6) is 0 Å². The van der Waals surface area contributed by atoms with Gasteiger partial charge in [-0.05, 0) is 88.2 Å². The number of benzene rings is 6. The molecule has 6 aromatic carbocycles. The third kappa shape index (κ3) is 5.95. The fourth-order valence-electron chi connectivity index (χ4n) is 6.66. The molecule has 1 aliphatic rings. The van der Waals surface area contributed by atoms with E-state index in [-0.39, 0.29) is 6.04 Å². The van der Waals surface area contributed by atoms with Crippen LogP contribution in [0.2, 0.25) is 5.02 Å². The molecule has 1 unspecified atom stereocenters. The Bertz CT molecular complexity index is 1900. The number of hydrogen-bond acceptors (Lipinski definition) is 1. The summed E-state index contributed by atoms with van der Waals surface area (Å²) in [7, 11) is 0. The van der Waals surface area contributed by atoms with Crippen LogP contribution in [-0.4, -0.2) is 6.54 Å². The van der Waals surface area contributed by atoms with E-state index in [4.69, 9.17) is 11.6 Å². The van der Waals surface area contributed by atoms with Crippen LogP contribution in [0.15, 0.2) is 175 Å². The Balaban J connectivity index is 1.66. The molecule has 224 valence electrons. The molecule has 0 radical (unpaired) electrons. The van der Waals surface area contributed by atoms with Gasteiger partial charge in [0.25, 0.3) is 0 Å². The van der Waals surface area contributed by atoms with Crippen molar-refractivity contribution in [2.75, 3.05) is 11.4 Å². The first-order valence-corrected chi connectivity index (χ1v) is 16.2. The highest BCUT2D eigenvalue weighted by Gasteiger charge is 2.39. The Morgan fingerprint density at radius 1 is 0.500 bits per heavy atom.